The lowest BCUT2D eigenvalue weighted by Crippen LogP contribution is -2.18. The van der Waals surface area contributed by atoms with E-state index in [4.69, 9.17) is 0 Å². The first-order valence-corrected chi connectivity index (χ1v) is 6.42. The maximum Gasteiger partial charge on any atom is 0.204 e. The summed E-state index contributed by atoms with van der Waals surface area (Å²) in [6, 6.07) is 7.08. The molecule has 1 aliphatic carbocycles. The van der Waals surface area contributed by atoms with Gasteiger partial charge in [0, 0.05) is 11.8 Å². The standard InChI is InChI=1S/C11H10O3S/c1-15(13,14)10-7-6-8-4-2-3-5-9(8)11(10)12/h2-5,7H,6H2,1H3. The second kappa shape index (κ2) is 3.31. The number of benzene rings is 1. The monoisotopic (exact) mass is 222 g/mol. The molecule has 1 aromatic carbocycles. The number of fused-ring (bicyclic) bond motifs is 1. The predicted molar refractivity (Wildman–Crippen MR) is 57.4 cm³/mol. The molecule has 0 spiro atoms. The van der Waals surface area contributed by atoms with Gasteiger partial charge in [0.05, 0.1) is 0 Å². The number of allylic oxidation sites excluding steroid dienone is 2. The Morgan fingerprint density at radius 3 is 2.53 bits per heavy atom. The molecule has 0 heterocycles. The number of carbonyl (C=O) groups excluding carboxylic acids is 1. The van der Waals surface area contributed by atoms with E-state index in [1.54, 1.807) is 12.1 Å². The molecule has 2 rings (SSSR count). The largest absolute Gasteiger partial charge is 0.288 e. The molecule has 0 saturated carbocycles. The van der Waals surface area contributed by atoms with Gasteiger partial charge in [-0.1, -0.05) is 30.3 Å². The van der Waals surface area contributed by atoms with Gasteiger partial charge in [0.2, 0.25) is 5.78 Å². The minimum absolute atomic E-state index is 0.0822. The zero-order valence-corrected chi connectivity index (χ0v) is 9.04. The van der Waals surface area contributed by atoms with Gasteiger partial charge in [0.25, 0.3) is 0 Å². The van der Waals surface area contributed by atoms with Crippen molar-refractivity contribution in [2.45, 2.75) is 6.42 Å². The van der Waals surface area contributed by atoms with E-state index in [1.807, 2.05) is 12.1 Å². The fraction of sp³-hybridized carbons (Fsp3) is 0.182. The number of carbonyl (C=O) groups is 1. The summed E-state index contributed by atoms with van der Waals surface area (Å²) in [4.78, 5) is 11.7. The molecular weight excluding hydrogens is 212 g/mol. The van der Waals surface area contributed by atoms with Crippen molar-refractivity contribution in [2.24, 2.45) is 0 Å². The van der Waals surface area contributed by atoms with Gasteiger partial charge in [-0.3, -0.25) is 4.79 Å². The average molecular weight is 222 g/mol. The summed E-state index contributed by atoms with van der Waals surface area (Å²) in [6.45, 7) is 0. The van der Waals surface area contributed by atoms with Crippen LogP contribution >= 0.6 is 0 Å². The minimum Gasteiger partial charge on any atom is -0.288 e. The van der Waals surface area contributed by atoms with E-state index in [-0.39, 0.29) is 10.7 Å². The second-order valence-corrected chi connectivity index (χ2v) is 5.52. The topological polar surface area (TPSA) is 51.2 Å². The molecule has 0 N–H and O–H groups in total. The van der Waals surface area contributed by atoms with E-state index in [2.05, 4.69) is 0 Å². The van der Waals surface area contributed by atoms with Crippen molar-refractivity contribution in [1.82, 2.24) is 0 Å². The highest BCUT2D eigenvalue weighted by Gasteiger charge is 2.26. The number of hydrogen-bond donors (Lipinski definition) is 0. The number of rotatable bonds is 1. The van der Waals surface area contributed by atoms with Crippen LogP contribution in [0.25, 0.3) is 0 Å². The van der Waals surface area contributed by atoms with Crippen molar-refractivity contribution in [1.29, 1.82) is 0 Å². The van der Waals surface area contributed by atoms with E-state index in [0.717, 1.165) is 11.8 Å². The first kappa shape index (κ1) is 10.1. The van der Waals surface area contributed by atoms with Gasteiger partial charge >= 0.3 is 0 Å². The van der Waals surface area contributed by atoms with Crippen LogP contribution in [-0.2, 0) is 16.3 Å². The molecule has 3 nitrogen and oxygen atoms in total. The van der Waals surface area contributed by atoms with Crippen molar-refractivity contribution < 1.29 is 13.2 Å². The lowest BCUT2D eigenvalue weighted by atomic mass is 9.96. The zero-order valence-electron chi connectivity index (χ0n) is 8.23. The summed E-state index contributed by atoms with van der Waals surface area (Å²) in [6.07, 6.45) is 3.05. The summed E-state index contributed by atoms with van der Waals surface area (Å²) in [5, 5.41) is 0. The molecule has 4 heteroatoms. The Morgan fingerprint density at radius 1 is 1.20 bits per heavy atom. The SMILES string of the molecule is CS(=O)(=O)C1=CCc2ccccc2C1=O. The lowest BCUT2D eigenvalue weighted by Gasteiger charge is -2.13. The molecule has 0 radical (unpaired) electrons. The van der Waals surface area contributed by atoms with Gasteiger partial charge < -0.3 is 0 Å². The molecule has 0 saturated heterocycles. The molecule has 0 amide bonds. The van der Waals surface area contributed by atoms with Crippen molar-refractivity contribution >= 4 is 15.6 Å². The van der Waals surface area contributed by atoms with E-state index in [1.165, 1.54) is 6.08 Å². The maximum atomic E-state index is 11.8. The quantitative estimate of drug-likeness (QED) is 0.720. The Balaban J connectivity index is 2.56. The summed E-state index contributed by atoms with van der Waals surface area (Å²) >= 11 is 0. The third-order valence-corrected chi connectivity index (χ3v) is 3.54. The van der Waals surface area contributed by atoms with Gasteiger partial charge in [-0.15, -0.1) is 0 Å². The molecule has 0 unspecified atom stereocenters. The van der Waals surface area contributed by atoms with Crippen molar-refractivity contribution in [3.63, 3.8) is 0 Å². The van der Waals surface area contributed by atoms with E-state index in [9.17, 15) is 13.2 Å². The van der Waals surface area contributed by atoms with Crippen LogP contribution in [0.15, 0.2) is 35.2 Å². The van der Waals surface area contributed by atoms with Crippen LogP contribution in [0.2, 0.25) is 0 Å². The third kappa shape index (κ3) is 1.72. The van der Waals surface area contributed by atoms with E-state index in [0.29, 0.717) is 12.0 Å². The van der Waals surface area contributed by atoms with Crippen LogP contribution in [0.1, 0.15) is 15.9 Å². The smallest absolute Gasteiger partial charge is 0.204 e. The molecule has 1 aromatic rings. The van der Waals surface area contributed by atoms with Crippen LogP contribution < -0.4 is 0 Å². The van der Waals surface area contributed by atoms with Crippen LogP contribution in [0, 0.1) is 0 Å². The van der Waals surface area contributed by atoms with Crippen molar-refractivity contribution in [2.75, 3.05) is 6.26 Å². The predicted octanol–water partition coefficient (Wildman–Crippen LogP) is 1.35. The Labute approximate surface area is 88.3 Å². The fourth-order valence-electron chi connectivity index (χ4n) is 1.67. The molecule has 0 aromatic heterocycles. The summed E-state index contributed by atoms with van der Waals surface area (Å²) in [7, 11) is -3.41. The van der Waals surface area contributed by atoms with Crippen LogP contribution in [0.3, 0.4) is 0 Å². The summed E-state index contributed by atoms with van der Waals surface area (Å²) in [5.41, 5.74) is 1.38. The molecule has 78 valence electrons. The Hall–Kier alpha value is -1.42. The number of sulfone groups is 1. The fourth-order valence-corrected chi connectivity index (χ4v) is 2.50. The molecule has 0 atom stereocenters. The van der Waals surface area contributed by atoms with Gasteiger partial charge in [-0.25, -0.2) is 8.42 Å². The van der Waals surface area contributed by atoms with Gasteiger partial charge in [-0.2, -0.15) is 0 Å². The highest BCUT2D eigenvalue weighted by molar-refractivity contribution is 7.95. The average Bonchev–Trinajstić information content (AvgIpc) is 2.16. The first-order chi connectivity index (χ1) is 7.00. The highest BCUT2D eigenvalue weighted by Crippen LogP contribution is 2.23. The van der Waals surface area contributed by atoms with Gasteiger partial charge in [0.1, 0.15) is 4.91 Å². The van der Waals surface area contributed by atoms with Gasteiger partial charge in [-0.05, 0) is 12.0 Å². The van der Waals surface area contributed by atoms with Crippen LogP contribution in [0.4, 0.5) is 0 Å². The van der Waals surface area contributed by atoms with Crippen molar-refractivity contribution in [3.05, 3.63) is 46.4 Å². The molecule has 15 heavy (non-hydrogen) atoms. The number of hydrogen-bond acceptors (Lipinski definition) is 3. The molecule has 0 aliphatic heterocycles. The van der Waals surface area contributed by atoms with Crippen LogP contribution in [-0.4, -0.2) is 20.5 Å². The summed E-state index contributed by atoms with van der Waals surface area (Å²) in [5.74, 6) is -0.389. The lowest BCUT2D eigenvalue weighted by molar-refractivity contribution is 0.103. The molecule has 0 fully saturated rings. The van der Waals surface area contributed by atoms with Crippen molar-refractivity contribution in [3.8, 4) is 0 Å². The highest BCUT2D eigenvalue weighted by atomic mass is 32.2. The molecule has 0 bridgehead atoms. The zero-order chi connectivity index (χ0) is 11.1. The first-order valence-electron chi connectivity index (χ1n) is 4.53. The molecular formula is C11H10O3S. The Morgan fingerprint density at radius 2 is 1.87 bits per heavy atom. The minimum atomic E-state index is -3.41. The normalized spacial score (nSPS) is 15.8. The Bertz CT molecular complexity index is 553. The summed E-state index contributed by atoms with van der Waals surface area (Å²) < 4.78 is 22.6. The maximum absolute atomic E-state index is 11.8. The number of Topliss-reactive ketones (excluding diaryl/α,β-unsaturated/α-hetero) is 1. The number of ketones is 1. The van der Waals surface area contributed by atoms with E-state index < -0.39 is 9.84 Å². The second-order valence-electron chi connectivity index (χ2n) is 3.53. The third-order valence-electron chi connectivity index (χ3n) is 2.39. The van der Waals surface area contributed by atoms with Crippen LogP contribution in [0.5, 0.6) is 0 Å². The Kier molecular flexibility index (Phi) is 2.23. The molecule has 1 aliphatic rings. The van der Waals surface area contributed by atoms with E-state index >= 15 is 0 Å². The van der Waals surface area contributed by atoms with Gasteiger partial charge in [0.15, 0.2) is 9.84 Å².